The van der Waals surface area contributed by atoms with Crippen LogP contribution in [-0.2, 0) is 4.79 Å². The predicted octanol–water partition coefficient (Wildman–Crippen LogP) is 4.95. The zero-order chi connectivity index (χ0) is 17.4. The van der Waals surface area contributed by atoms with Crippen LogP contribution in [0, 0.1) is 6.92 Å². The number of carbonyl (C=O) groups excluding carboxylic acids is 1. The number of unbranched alkanes of at least 4 members (excludes halogenated alkanes) is 1. The Morgan fingerprint density at radius 2 is 2.00 bits per heavy atom. The minimum absolute atomic E-state index is 0.0383. The second-order valence-corrected chi connectivity index (χ2v) is 6.39. The Labute approximate surface area is 151 Å². The summed E-state index contributed by atoms with van der Waals surface area (Å²) in [6.07, 6.45) is 2.10. The molecule has 1 amide bonds. The maximum atomic E-state index is 12.0. The van der Waals surface area contributed by atoms with E-state index in [4.69, 9.17) is 9.47 Å². The molecule has 0 aliphatic heterocycles. The van der Waals surface area contributed by atoms with Gasteiger partial charge in [-0.05, 0) is 49.2 Å². The van der Waals surface area contributed by atoms with E-state index < -0.39 is 0 Å². The molecule has 5 heteroatoms. The average Bonchev–Trinajstić information content (AvgIpc) is 2.55. The third-order valence-electron chi connectivity index (χ3n) is 3.38. The van der Waals surface area contributed by atoms with Gasteiger partial charge in [0.2, 0.25) is 0 Å². The quantitative estimate of drug-likeness (QED) is 0.647. The van der Waals surface area contributed by atoms with Crippen molar-refractivity contribution in [2.75, 3.05) is 18.5 Å². The first-order valence-corrected chi connectivity index (χ1v) is 8.79. The van der Waals surface area contributed by atoms with Gasteiger partial charge in [0.25, 0.3) is 5.91 Å². The highest BCUT2D eigenvalue weighted by Crippen LogP contribution is 2.22. The molecule has 4 nitrogen and oxygen atoms in total. The largest absolute Gasteiger partial charge is 0.494 e. The van der Waals surface area contributed by atoms with Gasteiger partial charge in [0, 0.05) is 16.2 Å². The third-order valence-corrected chi connectivity index (χ3v) is 3.87. The molecule has 0 fully saturated rings. The Kier molecular flexibility index (Phi) is 7.12. The zero-order valence-corrected chi connectivity index (χ0v) is 15.6. The van der Waals surface area contributed by atoms with Crippen molar-refractivity contribution in [3.8, 4) is 11.5 Å². The van der Waals surface area contributed by atoms with Crippen molar-refractivity contribution in [3.05, 3.63) is 52.5 Å². The maximum Gasteiger partial charge on any atom is 0.262 e. The summed E-state index contributed by atoms with van der Waals surface area (Å²) in [5, 5.41) is 2.82. The summed E-state index contributed by atoms with van der Waals surface area (Å²) in [4.78, 5) is 12.0. The van der Waals surface area contributed by atoms with E-state index in [9.17, 15) is 4.79 Å². The number of rotatable bonds is 8. The Hall–Kier alpha value is -2.01. The van der Waals surface area contributed by atoms with E-state index in [1.807, 2.05) is 49.4 Å². The summed E-state index contributed by atoms with van der Waals surface area (Å²) >= 11 is 3.40. The van der Waals surface area contributed by atoms with Crippen LogP contribution >= 0.6 is 15.9 Å². The highest BCUT2D eigenvalue weighted by molar-refractivity contribution is 9.10. The minimum atomic E-state index is -0.206. The number of ether oxygens (including phenoxy) is 2. The molecule has 0 radical (unpaired) electrons. The van der Waals surface area contributed by atoms with Crippen LogP contribution in [0.2, 0.25) is 0 Å². The van der Waals surface area contributed by atoms with Crippen molar-refractivity contribution in [1.82, 2.24) is 0 Å². The fourth-order valence-corrected chi connectivity index (χ4v) is 2.59. The van der Waals surface area contributed by atoms with Gasteiger partial charge in [0.05, 0.1) is 6.61 Å². The van der Waals surface area contributed by atoms with E-state index in [1.54, 1.807) is 0 Å². The Balaban J connectivity index is 1.86. The van der Waals surface area contributed by atoms with E-state index in [1.165, 1.54) is 0 Å². The number of nitrogens with one attached hydrogen (secondary N) is 1. The first-order chi connectivity index (χ1) is 11.6. The molecule has 0 saturated carbocycles. The van der Waals surface area contributed by atoms with E-state index in [-0.39, 0.29) is 12.5 Å². The maximum absolute atomic E-state index is 12.0. The van der Waals surface area contributed by atoms with Crippen molar-refractivity contribution in [3.63, 3.8) is 0 Å². The summed E-state index contributed by atoms with van der Waals surface area (Å²) in [5.74, 6) is 1.25. The lowest BCUT2D eigenvalue weighted by Crippen LogP contribution is -2.20. The van der Waals surface area contributed by atoms with Gasteiger partial charge in [-0.25, -0.2) is 0 Å². The second kappa shape index (κ2) is 9.33. The number of anilines is 1. The number of halogens is 1. The van der Waals surface area contributed by atoms with E-state index >= 15 is 0 Å². The fourth-order valence-electron chi connectivity index (χ4n) is 2.11. The van der Waals surface area contributed by atoms with Gasteiger partial charge in [0.1, 0.15) is 11.5 Å². The van der Waals surface area contributed by atoms with Crippen LogP contribution in [0.1, 0.15) is 25.3 Å². The standard InChI is InChI=1S/C19H22BrNO3/c1-3-4-10-23-17-7-5-6-16(12-17)21-19(22)13-24-18-9-8-15(20)11-14(18)2/h5-9,11-12H,3-4,10,13H2,1-2H3,(H,21,22). The molecule has 0 bridgehead atoms. The topological polar surface area (TPSA) is 47.6 Å². The van der Waals surface area contributed by atoms with Gasteiger partial charge in [-0.1, -0.05) is 35.3 Å². The summed E-state index contributed by atoms with van der Waals surface area (Å²) in [6.45, 7) is 4.70. The molecule has 2 aromatic carbocycles. The monoisotopic (exact) mass is 391 g/mol. The molecule has 0 spiro atoms. The van der Waals surface area contributed by atoms with Crippen LogP contribution in [-0.4, -0.2) is 19.1 Å². The molecule has 128 valence electrons. The molecule has 0 aromatic heterocycles. The van der Waals surface area contributed by atoms with Crippen LogP contribution in [0.3, 0.4) is 0 Å². The fraction of sp³-hybridized carbons (Fsp3) is 0.316. The normalized spacial score (nSPS) is 10.3. The van der Waals surface area contributed by atoms with Crippen LogP contribution < -0.4 is 14.8 Å². The van der Waals surface area contributed by atoms with Crippen molar-refractivity contribution >= 4 is 27.5 Å². The van der Waals surface area contributed by atoms with Gasteiger partial charge in [0.15, 0.2) is 6.61 Å². The first-order valence-electron chi connectivity index (χ1n) is 8.00. The van der Waals surface area contributed by atoms with Gasteiger partial charge in [-0.3, -0.25) is 4.79 Å². The van der Waals surface area contributed by atoms with Crippen molar-refractivity contribution in [1.29, 1.82) is 0 Å². The first kappa shape index (κ1) is 18.3. The van der Waals surface area contributed by atoms with E-state index in [0.717, 1.165) is 28.6 Å². The number of carbonyl (C=O) groups is 1. The van der Waals surface area contributed by atoms with Crippen LogP contribution in [0.5, 0.6) is 11.5 Å². The van der Waals surface area contributed by atoms with E-state index in [2.05, 4.69) is 28.2 Å². The minimum Gasteiger partial charge on any atom is -0.494 e. The SMILES string of the molecule is CCCCOc1cccc(NC(=O)COc2ccc(Br)cc2C)c1. The molecule has 0 heterocycles. The molecular formula is C19H22BrNO3. The number of aryl methyl sites for hydroxylation is 1. The summed E-state index contributed by atoms with van der Waals surface area (Å²) in [7, 11) is 0. The molecular weight excluding hydrogens is 370 g/mol. The summed E-state index contributed by atoms with van der Waals surface area (Å²) in [5.41, 5.74) is 1.67. The smallest absolute Gasteiger partial charge is 0.262 e. The molecule has 1 N–H and O–H groups in total. The molecule has 2 rings (SSSR count). The highest BCUT2D eigenvalue weighted by atomic mass is 79.9. The Bertz CT molecular complexity index is 688. The van der Waals surface area contributed by atoms with Crippen LogP contribution in [0.25, 0.3) is 0 Å². The lowest BCUT2D eigenvalue weighted by Gasteiger charge is -2.11. The highest BCUT2D eigenvalue weighted by Gasteiger charge is 2.06. The molecule has 0 atom stereocenters. The number of hydrogen-bond donors (Lipinski definition) is 1. The summed E-state index contributed by atoms with van der Waals surface area (Å²) in [6, 6.07) is 13.1. The molecule has 0 aliphatic carbocycles. The molecule has 0 aliphatic rings. The molecule has 0 unspecified atom stereocenters. The van der Waals surface area contributed by atoms with Crippen molar-refractivity contribution < 1.29 is 14.3 Å². The van der Waals surface area contributed by atoms with Crippen molar-refractivity contribution in [2.45, 2.75) is 26.7 Å². The van der Waals surface area contributed by atoms with Crippen molar-refractivity contribution in [2.24, 2.45) is 0 Å². The summed E-state index contributed by atoms with van der Waals surface area (Å²) < 4.78 is 12.2. The van der Waals surface area contributed by atoms with E-state index in [0.29, 0.717) is 18.0 Å². The predicted molar refractivity (Wildman–Crippen MR) is 99.8 cm³/mol. The van der Waals surface area contributed by atoms with Gasteiger partial charge >= 0.3 is 0 Å². The second-order valence-electron chi connectivity index (χ2n) is 5.48. The molecule has 24 heavy (non-hydrogen) atoms. The van der Waals surface area contributed by atoms with Gasteiger partial charge in [-0.15, -0.1) is 0 Å². The number of benzene rings is 2. The van der Waals surface area contributed by atoms with Crippen LogP contribution in [0.15, 0.2) is 46.9 Å². The lowest BCUT2D eigenvalue weighted by atomic mass is 10.2. The Morgan fingerprint density at radius 1 is 1.17 bits per heavy atom. The van der Waals surface area contributed by atoms with Crippen LogP contribution in [0.4, 0.5) is 5.69 Å². The lowest BCUT2D eigenvalue weighted by molar-refractivity contribution is -0.118. The van der Waals surface area contributed by atoms with Gasteiger partial charge < -0.3 is 14.8 Å². The number of amides is 1. The molecule has 0 saturated heterocycles. The average molecular weight is 392 g/mol. The molecule has 2 aromatic rings. The number of hydrogen-bond acceptors (Lipinski definition) is 3. The zero-order valence-electron chi connectivity index (χ0n) is 14.0. The third kappa shape index (κ3) is 5.89. The Morgan fingerprint density at radius 3 is 2.75 bits per heavy atom. The van der Waals surface area contributed by atoms with Gasteiger partial charge in [-0.2, -0.15) is 0 Å².